The Balaban J connectivity index is 2.40. The lowest BCUT2D eigenvalue weighted by Gasteiger charge is -2.15. The van der Waals surface area contributed by atoms with Crippen molar-refractivity contribution in [3.63, 3.8) is 0 Å². The fourth-order valence-electron chi connectivity index (χ4n) is 1.85. The lowest BCUT2D eigenvalue weighted by molar-refractivity contribution is -0.122. The minimum absolute atomic E-state index is 0.0278. The predicted molar refractivity (Wildman–Crippen MR) is 75.3 cm³/mol. The van der Waals surface area contributed by atoms with E-state index in [1.165, 1.54) is 0 Å². The van der Waals surface area contributed by atoms with E-state index in [9.17, 15) is 4.79 Å². The van der Waals surface area contributed by atoms with Gasteiger partial charge in [0, 0.05) is 0 Å². The van der Waals surface area contributed by atoms with Crippen LogP contribution in [0.4, 0.5) is 0 Å². The van der Waals surface area contributed by atoms with Gasteiger partial charge >= 0.3 is 0 Å². The Morgan fingerprint density at radius 3 is 2.53 bits per heavy atom. The molecule has 0 unspecified atom stereocenters. The number of ether oxygens (including phenoxy) is 1. The second-order valence-electron chi connectivity index (χ2n) is 4.67. The van der Waals surface area contributed by atoms with Gasteiger partial charge in [-0.25, -0.2) is 0 Å². The van der Waals surface area contributed by atoms with Gasteiger partial charge in [-0.15, -0.1) is 0 Å². The van der Waals surface area contributed by atoms with Crippen molar-refractivity contribution in [2.24, 2.45) is 0 Å². The first-order valence-corrected chi connectivity index (χ1v) is 6.67. The molecule has 0 spiro atoms. The Morgan fingerprint density at radius 2 is 2.00 bits per heavy atom. The molecule has 1 amide bonds. The number of carbonyl (C=O) groups is 1. The van der Waals surface area contributed by atoms with Crippen molar-refractivity contribution in [3.05, 3.63) is 29.3 Å². The molecule has 0 bridgehead atoms. The Bertz CT molecular complexity index is 394. The third kappa shape index (κ3) is 4.91. The van der Waals surface area contributed by atoms with Crippen molar-refractivity contribution in [2.75, 3.05) is 13.2 Å². The highest BCUT2D eigenvalue weighted by atomic mass is 16.5. The normalized spacial score (nSPS) is 12.0. The van der Waals surface area contributed by atoms with Crippen molar-refractivity contribution in [3.8, 4) is 5.75 Å². The molecule has 19 heavy (non-hydrogen) atoms. The third-order valence-electron chi connectivity index (χ3n) is 3.06. The van der Waals surface area contributed by atoms with Gasteiger partial charge in [-0.3, -0.25) is 4.79 Å². The SMILES string of the molecule is CC[C@@H](CO)NC(=O)CCOc1c(C)cccc1C. The fraction of sp³-hybridized carbons (Fsp3) is 0.533. The molecule has 4 nitrogen and oxygen atoms in total. The fourth-order valence-corrected chi connectivity index (χ4v) is 1.85. The molecule has 0 saturated carbocycles. The third-order valence-corrected chi connectivity index (χ3v) is 3.06. The molecule has 0 aliphatic rings. The molecule has 0 aliphatic carbocycles. The topological polar surface area (TPSA) is 58.6 Å². The van der Waals surface area contributed by atoms with Gasteiger partial charge in [0.1, 0.15) is 5.75 Å². The van der Waals surface area contributed by atoms with Crippen LogP contribution < -0.4 is 10.1 Å². The molecular weight excluding hydrogens is 242 g/mol. The van der Waals surface area contributed by atoms with Gasteiger partial charge in [0.25, 0.3) is 0 Å². The first kappa shape index (κ1) is 15.5. The Kier molecular flexibility index (Phi) is 6.36. The van der Waals surface area contributed by atoms with Crippen LogP contribution in [0.15, 0.2) is 18.2 Å². The number of nitrogens with one attached hydrogen (secondary N) is 1. The second kappa shape index (κ2) is 7.79. The molecule has 0 radical (unpaired) electrons. The summed E-state index contributed by atoms with van der Waals surface area (Å²) in [7, 11) is 0. The van der Waals surface area contributed by atoms with Gasteiger partial charge in [0.15, 0.2) is 0 Å². The number of aliphatic hydroxyl groups excluding tert-OH is 1. The highest BCUT2D eigenvalue weighted by Gasteiger charge is 2.10. The highest BCUT2D eigenvalue weighted by molar-refractivity contribution is 5.76. The zero-order valence-corrected chi connectivity index (χ0v) is 11.9. The predicted octanol–water partition coefficient (Wildman–Crippen LogP) is 1.96. The zero-order chi connectivity index (χ0) is 14.3. The van der Waals surface area contributed by atoms with Crippen molar-refractivity contribution < 1.29 is 14.6 Å². The number of rotatable bonds is 7. The average molecular weight is 265 g/mol. The van der Waals surface area contributed by atoms with Crippen LogP contribution in [0, 0.1) is 13.8 Å². The summed E-state index contributed by atoms with van der Waals surface area (Å²) in [4.78, 5) is 11.6. The van der Waals surface area contributed by atoms with E-state index in [0.717, 1.165) is 23.3 Å². The zero-order valence-electron chi connectivity index (χ0n) is 11.9. The Labute approximate surface area is 114 Å². The van der Waals surface area contributed by atoms with E-state index in [2.05, 4.69) is 5.32 Å². The standard InChI is InChI=1S/C15H23NO3/c1-4-13(10-17)16-14(18)8-9-19-15-11(2)6-5-7-12(15)3/h5-7,13,17H,4,8-10H2,1-3H3,(H,16,18)/t13-/m0/s1. The van der Waals surface area contributed by atoms with Gasteiger partial charge < -0.3 is 15.2 Å². The maximum absolute atomic E-state index is 11.6. The van der Waals surface area contributed by atoms with E-state index in [1.807, 2.05) is 39.0 Å². The average Bonchev–Trinajstić information content (AvgIpc) is 2.39. The number of para-hydroxylation sites is 1. The van der Waals surface area contributed by atoms with E-state index in [0.29, 0.717) is 13.0 Å². The number of aliphatic hydroxyl groups is 1. The van der Waals surface area contributed by atoms with E-state index < -0.39 is 0 Å². The summed E-state index contributed by atoms with van der Waals surface area (Å²) in [5, 5.41) is 11.8. The summed E-state index contributed by atoms with van der Waals surface area (Å²) >= 11 is 0. The van der Waals surface area contributed by atoms with Crippen molar-refractivity contribution in [2.45, 2.75) is 39.7 Å². The van der Waals surface area contributed by atoms with Crippen molar-refractivity contribution >= 4 is 5.91 Å². The molecule has 0 aliphatic heterocycles. The molecule has 2 N–H and O–H groups in total. The van der Waals surface area contributed by atoms with Gasteiger partial charge in [-0.1, -0.05) is 25.1 Å². The maximum atomic E-state index is 11.6. The van der Waals surface area contributed by atoms with Crippen LogP contribution in [0.5, 0.6) is 5.75 Å². The van der Waals surface area contributed by atoms with Crippen LogP contribution in [0.25, 0.3) is 0 Å². The van der Waals surface area contributed by atoms with E-state index in [1.54, 1.807) is 0 Å². The number of benzene rings is 1. The summed E-state index contributed by atoms with van der Waals surface area (Å²) in [6.07, 6.45) is 1.02. The largest absolute Gasteiger partial charge is 0.493 e. The summed E-state index contributed by atoms with van der Waals surface area (Å²) in [6.45, 7) is 6.22. The molecule has 106 valence electrons. The lowest BCUT2D eigenvalue weighted by atomic mass is 10.1. The Hall–Kier alpha value is -1.55. The first-order valence-electron chi connectivity index (χ1n) is 6.67. The molecule has 1 rings (SSSR count). The first-order chi connectivity index (χ1) is 9.08. The number of hydrogen-bond acceptors (Lipinski definition) is 3. The smallest absolute Gasteiger partial charge is 0.223 e. The monoisotopic (exact) mass is 265 g/mol. The molecule has 0 saturated heterocycles. The van der Waals surface area contributed by atoms with Crippen LogP contribution in [0.1, 0.15) is 30.9 Å². The van der Waals surface area contributed by atoms with Crippen LogP contribution in [0.3, 0.4) is 0 Å². The second-order valence-corrected chi connectivity index (χ2v) is 4.67. The molecule has 0 fully saturated rings. The number of carbonyl (C=O) groups excluding carboxylic acids is 1. The van der Waals surface area contributed by atoms with Gasteiger partial charge in [0.05, 0.1) is 25.7 Å². The van der Waals surface area contributed by atoms with Gasteiger partial charge in [-0.05, 0) is 31.4 Å². The van der Waals surface area contributed by atoms with E-state index >= 15 is 0 Å². The van der Waals surface area contributed by atoms with Crippen LogP contribution in [0.2, 0.25) is 0 Å². The molecular formula is C15H23NO3. The maximum Gasteiger partial charge on any atom is 0.223 e. The minimum atomic E-state index is -0.160. The molecule has 1 aromatic rings. The molecule has 0 aromatic heterocycles. The van der Waals surface area contributed by atoms with Crippen molar-refractivity contribution in [1.29, 1.82) is 0 Å². The van der Waals surface area contributed by atoms with Gasteiger partial charge in [-0.2, -0.15) is 0 Å². The van der Waals surface area contributed by atoms with Crippen LogP contribution in [-0.4, -0.2) is 30.3 Å². The summed E-state index contributed by atoms with van der Waals surface area (Å²) < 4.78 is 5.66. The number of amides is 1. The van der Waals surface area contributed by atoms with Crippen molar-refractivity contribution in [1.82, 2.24) is 5.32 Å². The summed E-state index contributed by atoms with van der Waals surface area (Å²) in [5.41, 5.74) is 2.14. The van der Waals surface area contributed by atoms with E-state index in [-0.39, 0.29) is 18.6 Å². The minimum Gasteiger partial charge on any atom is -0.493 e. The summed E-state index contributed by atoms with van der Waals surface area (Å²) in [5.74, 6) is 0.761. The quantitative estimate of drug-likeness (QED) is 0.792. The van der Waals surface area contributed by atoms with Crippen LogP contribution >= 0.6 is 0 Å². The number of aryl methyl sites for hydroxylation is 2. The number of hydrogen-bond donors (Lipinski definition) is 2. The highest BCUT2D eigenvalue weighted by Crippen LogP contribution is 2.22. The Morgan fingerprint density at radius 1 is 1.37 bits per heavy atom. The van der Waals surface area contributed by atoms with E-state index in [4.69, 9.17) is 9.84 Å². The lowest BCUT2D eigenvalue weighted by Crippen LogP contribution is -2.37. The molecule has 4 heteroatoms. The molecule has 1 aromatic carbocycles. The molecule has 1 atom stereocenters. The van der Waals surface area contributed by atoms with Gasteiger partial charge in [0.2, 0.25) is 5.91 Å². The van der Waals surface area contributed by atoms with Crippen LogP contribution in [-0.2, 0) is 4.79 Å². The summed E-state index contributed by atoms with van der Waals surface area (Å²) in [6, 6.07) is 5.80. The molecule has 0 heterocycles.